The van der Waals surface area contributed by atoms with Crippen molar-refractivity contribution in [3.05, 3.63) is 28.2 Å². The van der Waals surface area contributed by atoms with Crippen molar-refractivity contribution in [1.29, 1.82) is 0 Å². The summed E-state index contributed by atoms with van der Waals surface area (Å²) in [5.74, 6) is -2.31. The third-order valence-electron chi connectivity index (χ3n) is 3.03. The normalized spacial score (nSPS) is 16.9. The number of benzene rings is 1. The van der Waals surface area contributed by atoms with E-state index in [4.69, 9.17) is 0 Å². The van der Waals surface area contributed by atoms with Crippen molar-refractivity contribution in [1.82, 2.24) is 0 Å². The van der Waals surface area contributed by atoms with Gasteiger partial charge in [0.05, 0.1) is 24.9 Å². The number of carbonyl (C=O) groups excluding carboxylic acids is 3. The quantitative estimate of drug-likeness (QED) is 0.652. The van der Waals surface area contributed by atoms with Gasteiger partial charge in [0.1, 0.15) is 0 Å². The Morgan fingerprint density at radius 1 is 1.45 bits per heavy atom. The van der Waals surface area contributed by atoms with Gasteiger partial charge >= 0.3 is 5.97 Å². The number of Topliss-reactive ketones (excluding diaryl/α,β-unsaturated/α-hetero) is 1. The van der Waals surface area contributed by atoms with Crippen LogP contribution in [0.2, 0.25) is 0 Å². The van der Waals surface area contributed by atoms with Crippen molar-refractivity contribution >= 4 is 39.3 Å². The zero-order valence-electron chi connectivity index (χ0n) is 10.8. The number of anilines is 1. The summed E-state index contributed by atoms with van der Waals surface area (Å²) < 4.78 is 5.16. The molecule has 0 spiro atoms. The van der Waals surface area contributed by atoms with Crippen LogP contribution >= 0.6 is 15.9 Å². The lowest BCUT2D eigenvalue weighted by Gasteiger charge is -2.26. The van der Waals surface area contributed by atoms with Gasteiger partial charge in [-0.05, 0) is 25.1 Å². The molecule has 7 heteroatoms. The minimum Gasteiger partial charge on any atom is -0.467 e. The largest absolute Gasteiger partial charge is 0.467 e. The van der Waals surface area contributed by atoms with Crippen molar-refractivity contribution in [3.8, 4) is 0 Å². The van der Waals surface area contributed by atoms with E-state index in [1.807, 2.05) is 0 Å². The molecule has 0 saturated carbocycles. The van der Waals surface area contributed by atoms with E-state index >= 15 is 0 Å². The Morgan fingerprint density at radius 2 is 2.10 bits per heavy atom. The maximum absolute atomic E-state index is 12.0. The first-order chi connectivity index (χ1) is 9.27. The number of fused-ring (bicyclic) bond motifs is 1. The number of aliphatic hydroxyl groups is 1. The Balaban J connectivity index is 2.39. The van der Waals surface area contributed by atoms with Crippen molar-refractivity contribution in [3.63, 3.8) is 0 Å². The number of methoxy groups -OCH3 is 1. The molecule has 1 aliphatic heterocycles. The number of amides is 1. The van der Waals surface area contributed by atoms with E-state index in [1.54, 1.807) is 12.1 Å². The van der Waals surface area contributed by atoms with Gasteiger partial charge in [-0.3, -0.25) is 9.59 Å². The molecule has 0 aliphatic carbocycles. The number of β-amino-alcohol motifs (C(OH)–C–C–N with tert-alkyl or cyclic N) is 1. The summed E-state index contributed by atoms with van der Waals surface area (Å²) in [5.41, 5.74) is -1.29. The molecule has 1 aromatic rings. The number of carbonyl (C=O) groups is 3. The molecule has 1 heterocycles. The van der Waals surface area contributed by atoms with Gasteiger partial charge in [-0.2, -0.15) is 0 Å². The Kier molecular flexibility index (Phi) is 3.66. The Hall–Kier alpha value is -1.73. The van der Waals surface area contributed by atoms with E-state index in [0.717, 1.165) is 12.0 Å². The molecule has 0 bridgehead atoms. The van der Waals surface area contributed by atoms with Crippen molar-refractivity contribution in [2.75, 3.05) is 18.6 Å². The van der Waals surface area contributed by atoms with E-state index in [1.165, 1.54) is 13.0 Å². The number of esters is 1. The molecule has 106 valence electrons. The Morgan fingerprint density at radius 3 is 2.70 bits per heavy atom. The predicted octanol–water partition coefficient (Wildman–Crippen LogP) is 0.902. The number of rotatable bonds is 3. The summed E-state index contributed by atoms with van der Waals surface area (Å²) in [6.07, 6.45) is 0. The zero-order valence-corrected chi connectivity index (χ0v) is 12.4. The maximum Gasteiger partial charge on any atom is 0.339 e. The third-order valence-corrected chi connectivity index (χ3v) is 3.52. The summed E-state index contributed by atoms with van der Waals surface area (Å²) in [5, 5.41) is 10.1. The van der Waals surface area contributed by atoms with Crippen LogP contribution in [0.3, 0.4) is 0 Å². The molecule has 20 heavy (non-hydrogen) atoms. The highest BCUT2D eigenvalue weighted by Gasteiger charge is 2.42. The smallest absolute Gasteiger partial charge is 0.339 e. The number of ether oxygens (including phenoxy) is 1. The van der Waals surface area contributed by atoms with Crippen LogP contribution in [-0.2, 0) is 14.3 Å². The van der Waals surface area contributed by atoms with Crippen LogP contribution in [0.5, 0.6) is 0 Å². The molecule has 0 fully saturated rings. The molecule has 6 nitrogen and oxygen atoms in total. The van der Waals surface area contributed by atoms with E-state index in [-0.39, 0.29) is 12.1 Å². The number of hydrogen-bond acceptors (Lipinski definition) is 5. The Labute approximate surface area is 123 Å². The number of hydrogen-bond donors (Lipinski definition) is 1. The minimum absolute atomic E-state index is 0.249. The van der Waals surface area contributed by atoms with Gasteiger partial charge in [0.25, 0.3) is 11.7 Å². The number of nitrogens with zero attached hydrogens (tertiary/aromatic N) is 1. The average molecular weight is 342 g/mol. The van der Waals surface area contributed by atoms with Gasteiger partial charge in [-0.25, -0.2) is 4.79 Å². The van der Waals surface area contributed by atoms with Crippen molar-refractivity contribution < 1.29 is 24.2 Å². The summed E-state index contributed by atoms with van der Waals surface area (Å²) >= 11 is 3.25. The van der Waals surface area contributed by atoms with Gasteiger partial charge in [0.2, 0.25) is 0 Å². The van der Waals surface area contributed by atoms with E-state index in [0.29, 0.717) is 10.2 Å². The number of ketones is 1. The maximum atomic E-state index is 12.0. The summed E-state index contributed by atoms with van der Waals surface area (Å²) in [6, 6.07) is 4.75. The molecule has 1 aromatic carbocycles. The topological polar surface area (TPSA) is 83.9 Å². The second kappa shape index (κ2) is 4.99. The first kappa shape index (κ1) is 14.7. The van der Waals surface area contributed by atoms with E-state index in [9.17, 15) is 19.5 Å². The lowest BCUT2D eigenvalue weighted by Crippen LogP contribution is -2.49. The van der Waals surface area contributed by atoms with Gasteiger partial charge in [0, 0.05) is 4.47 Å². The van der Waals surface area contributed by atoms with Gasteiger partial charge in [-0.1, -0.05) is 15.9 Å². The van der Waals surface area contributed by atoms with Crippen molar-refractivity contribution in [2.45, 2.75) is 12.5 Å². The molecule has 1 unspecified atom stereocenters. The third kappa shape index (κ3) is 2.34. The van der Waals surface area contributed by atoms with Crippen LogP contribution < -0.4 is 4.90 Å². The van der Waals surface area contributed by atoms with E-state index in [2.05, 4.69) is 20.7 Å². The van der Waals surface area contributed by atoms with Gasteiger partial charge in [0.15, 0.2) is 5.60 Å². The average Bonchev–Trinajstić information content (AvgIpc) is 2.62. The van der Waals surface area contributed by atoms with Crippen LogP contribution in [0.1, 0.15) is 17.3 Å². The molecule has 1 atom stereocenters. The van der Waals surface area contributed by atoms with Gasteiger partial charge < -0.3 is 14.7 Å². The van der Waals surface area contributed by atoms with E-state index < -0.39 is 23.3 Å². The predicted molar refractivity (Wildman–Crippen MR) is 73.5 cm³/mol. The highest BCUT2D eigenvalue weighted by Crippen LogP contribution is 2.32. The highest BCUT2D eigenvalue weighted by atomic mass is 79.9. The van der Waals surface area contributed by atoms with Crippen LogP contribution in [0.4, 0.5) is 5.69 Å². The van der Waals surface area contributed by atoms with Gasteiger partial charge in [-0.15, -0.1) is 0 Å². The lowest BCUT2D eigenvalue weighted by molar-refractivity contribution is -0.159. The minimum atomic E-state index is -1.89. The van der Waals surface area contributed by atoms with Crippen LogP contribution in [0.25, 0.3) is 0 Å². The van der Waals surface area contributed by atoms with Crippen LogP contribution in [0.15, 0.2) is 22.7 Å². The molecular formula is C13H12BrNO5. The molecule has 0 saturated heterocycles. The lowest BCUT2D eigenvalue weighted by atomic mass is 10.1. The standard InChI is InChI=1S/C13H12BrNO5/c1-13(19,12(18)20-2)6-15-9-5-7(14)3-4-8(9)10(16)11(15)17/h3-5,19H,6H2,1-2H3. The van der Waals surface area contributed by atoms with Crippen LogP contribution in [0, 0.1) is 0 Å². The number of halogens is 1. The molecule has 0 radical (unpaired) electrons. The second-order valence-electron chi connectivity index (χ2n) is 4.65. The molecule has 1 amide bonds. The molecular weight excluding hydrogens is 330 g/mol. The summed E-state index contributed by atoms with van der Waals surface area (Å²) in [6.45, 7) is 0.875. The second-order valence-corrected chi connectivity index (χ2v) is 5.56. The zero-order chi connectivity index (χ0) is 15.1. The molecule has 1 aliphatic rings. The molecule has 1 N–H and O–H groups in total. The molecule has 0 aromatic heterocycles. The Bertz CT molecular complexity index is 611. The highest BCUT2D eigenvalue weighted by molar-refractivity contribution is 9.10. The first-order valence-corrected chi connectivity index (χ1v) is 6.54. The molecule has 2 rings (SSSR count). The fraction of sp³-hybridized carbons (Fsp3) is 0.308. The first-order valence-electron chi connectivity index (χ1n) is 5.74. The summed E-state index contributed by atoms with van der Waals surface area (Å²) in [4.78, 5) is 36.4. The fourth-order valence-corrected chi connectivity index (χ4v) is 2.37. The van der Waals surface area contributed by atoms with Crippen LogP contribution in [-0.4, -0.2) is 42.0 Å². The fourth-order valence-electron chi connectivity index (χ4n) is 2.02. The monoisotopic (exact) mass is 341 g/mol. The SMILES string of the molecule is COC(=O)C(C)(O)CN1C(=O)C(=O)c2ccc(Br)cc21. The van der Waals surface area contributed by atoms with Crippen molar-refractivity contribution in [2.24, 2.45) is 0 Å². The summed E-state index contributed by atoms with van der Waals surface area (Å²) in [7, 11) is 1.14.